The molecule has 0 saturated heterocycles. The number of hydrogen-bond donors (Lipinski definition) is 1. The van der Waals surface area contributed by atoms with Gasteiger partial charge in [0.1, 0.15) is 16.4 Å². The van der Waals surface area contributed by atoms with E-state index in [-0.39, 0.29) is 45.8 Å². The molecule has 0 amide bonds. The molecule has 2 aromatic rings. The summed E-state index contributed by atoms with van der Waals surface area (Å²) < 4.78 is 39.0. The zero-order chi connectivity index (χ0) is 21.1. The minimum Gasteiger partial charge on any atom is -0.870 e. The fourth-order valence-electron chi connectivity index (χ4n) is 3.40. The average molecular weight is 443 g/mol. The predicted molar refractivity (Wildman–Crippen MR) is 113 cm³/mol. The molecule has 0 aliphatic carbocycles. The Morgan fingerprint density at radius 2 is 1.43 bits per heavy atom. The third kappa shape index (κ3) is 8.98. The van der Waals surface area contributed by atoms with E-state index in [0.29, 0.717) is 12.2 Å². The number of para-hydroxylation sites is 1. The van der Waals surface area contributed by atoms with Gasteiger partial charge in [0, 0.05) is 5.56 Å². The Kier molecular flexibility index (Phi) is 12.7. The average Bonchev–Trinajstić information content (AvgIpc) is 2.69. The van der Waals surface area contributed by atoms with Crippen LogP contribution >= 0.6 is 0 Å². The Morgan fingerprint density at radius 1 is 0.867 bits per heavy atom. The fourth-order valence-corrected chi connectivity index (χ4v) is 4.14. The van der Waals surface area contributed by atoms with Gasteiger partial charge in [-0.2, -0.15) is 8.42 Å². The molecular weight excluding hydrogens is 411 g/mol. The van der Waals surface area contributed by atoms with Gasteiger partial charge in [-0.05, 0) is 31.0 Å². The topological polar surface area (TPSA) is 86.7 Å². The van der Waals surface area contributed by atoms with Crippen LogP contribution in [0.3, 0.4) is 0 Å². The summed E-state index contributed by atoms with van der Waals surface area (Å²) in [5, 5.41) is 12.4. The van der Waals surface area contributed by atoms with Gasteiger partial charge in [-0.15, -0.1) is 0 Å². The first-order valence-corrected chi connectivity index (χ1v) is 11.9. The Balaban J connectivity index is 0.00000450. The van der Waals surface area contributed by atoms with Crippen LogP contribution in [0.15, 0.2) is 47.4 Å². The van der Waals surface area contributed by atoms with Crippen LogP contribution < -0.4 is 39.4 Å². The summed E-state index contributed by atoms with van der Waals surface area (Å²) in [6, 6.07) is 11.0. The van der Waals surface area contributed by atoms with Crippen molar-refractivity contribution in [1.29, 1.82) is 0 Å². The molecule has 0 atom stereocenters. The molecular formula is C23H31NaO5S. The van der Waals surface area contributed by atoms with Gasteiger partial charge in [-0.3, -0.25) is 4.55 Å². The van der Waals surface area contributed by atoms with Gasteiger partial charge in [0.25, 0.3) is 10.1 Å². The van der Waals surface area contributed by atoms with Gasteiger partial charge < -0.3 is 9.84 Å². The number of rotatable bonds is 13. The summed E-state index contributed by atoms with van der Waals surface area (Å²) in [5.41, 5.74) is 0.256. The molecule has 5 nitrogen and oxygen atoms in total. The third-order valence-corrected chi connectivity index (χ3v) is 5.89. The largest absolute Gasteiger partial charge is 1.00 e. The minimum absolute atomic E-state index is 0. The Morgan fingerprint density at radius 3 is 2.00 bits per heavy atom. The smallest absolute Gasteiger partial charge is 0.870 e. The van der Waals surface area contributed by atoms with Crippen LogP contribution in [0.25, 0.3) is 0 Å². The summed E-state index contributed by atoms with van der Waals surface area (Å²) in [6.07, 6.45) is 10.5. The Labute approximate surface area is 202 Å². The van der Waals surface area contributed by atoms with Crippen molar-refractivity contribution in [3.8, 4) is 17.2 Å². The second-order valence-corrected chi connectivity index (χ2v) is 8.73. The molecule has 0 aliphatic heterocycles. The van der Waals surface area contributed by atoms with Gasteiger partial charge in [0.15, 0.2) is 0 Å². The first kappa shape index (κ1) is 27.0. The van der Waals surface area contributed by atoms with Crippen molar-refractivity contribution in [3.63, 3.8) is 0 Å². The molecule has 0 spiro atoms. The quantitative estimate of drug-likeness (QED) is 0.293. The van der Waals surface area contributed by atoms with Crippen LogP contribution in [0, 0.1) is 0 Å². The maximum absolute atomic E-state index is 12.4. The van der Waals surface area contributed by atoms with Crippen molar-refractivity contribution in [2.45, 2.75) is 76.0 Å². The van der Waals surface area contributed by atoms with Gasteiger partial charge in [-0.25, -0.2) is 0 Å². The van der Waals surface area contributed by atoms with E-state index in [1.165, 1.54) is 38.2 Å². The maximum atomic E-state index is 12.4. The molecule has 0 bridgehead atoms. The normalized spacial score (nSPS) is 11.1. The zero-order valence-corrected chi connectivity index (χ0v) is 20.9. The molecule has 2 rings (SSSR count). The maximum Gasteiger partial charge on any atom is 1.00 e. The Bertz CT molecular complexity index is 853. The van der Waals surface area contributed by atoms with Crippen LogP contribution in [0.1, 0.15) is 70.3 Å². The molecule has 7 heteroatoms. The second-order valence-electron chi connectivity index (χ2n) is 7.34. The molecule has 1 N–H and O–H groups in total. The van der Waals surface area contributed by atoms with E-state index in [4.69, 9.17) is 4.74 Å². The van der Waals surface area contributed by atoms with Crippen LogP contribution in [-0.4, -0.2) is 13.0 Å². The summed E-state index contributed by atoms with van der Waals surface area (Å²) in [7, 11) is -4.44. The fraction of sp³-hybridized carbons (Fsp3) is 0.478. The number of unbranched alkanes of at least 4 members (excludes halogenated alkanes) is 8. The van der Waals surface area contributed by atoms with Crippen molar-refractivity contribution < 1.29 is 52.4 Å². The van der Waals surface area contributed by atoms with Gasteiger partial charge in [-0.1, -0.05) is 88.3 Å². The van der Waals surface area contributed by atoms with Gasteiger partial charge in [0.2, 0.25) is 0 Å². The molecule has 0 fully saturated rings. The van der Waals surface area contributed by atoms with E-state index in [2.05, 4.69) is 6.92 Å². The van der Waals surface area contributed by atoms with Crippen molar-refractivity contribution in [1.82, 2.24) is 0 Å². The molecule has 30 heavy (non-hydrogen) atoms. The number of benzene rings is 2. The van der Waals surface area contributed by atoms with E-state index >= 15 is 0 Å². The van der Waals surface area contributed by atoms with E-state index in [0.717, 1.165) is 31.7 Å². The van der Waals surface area contributed by atoms with E-state index < -0.39 is 15.9 Å². The molecule has 2 aromatic carbocycles. The van der Waals surface area contributed by atoms with Crippen LogP contribution in [0.4, 0.5) is 0 Å². The molecule has 0 radical (unpaired) electrons. The van der Waals surface area contributed by atoms with Crippen molar-refractivity contribution in [3.05, 3.63) is 48.0 Å². The molecule has 0 aliphatic rings. The molecule has 0 unspecified atom stereocenters. The van der Waals surface area contributed by atoms with E-state index in [1.807, 2.05) is 6.07 Å². The van der Waals surface area contributed by atoms with Gasteiger partial charge >= 0.3 is 29.6 Å². The molecule has 160 valence electrons. The predicted octanol–water partition coefficient (Wildman–Crippen LogP) is 2.88. The van der Waals surface area contributed by atoms with Crippen LogP contribution in [-0.2, 0) is 16.5 Å². The first-order chi connectivity index (χ1) is 13.9. The van der Waals surface area contributed by atoms with Crippen molar-refractivity contribution in [2.75, 3.05) is 0 Å². The zero-order valence-electron chi connectivity index (χ0n) is 18.1. The van der Waals surface area contributed by atoms with Crippen LogP contribution in [0.2, 0.25) is 0 Å². The standard InChI is InChI=1S/C23H32O5S.Na/c1-2-3-4-5-6-7-8-9-13-16-20-22(29(25,26)27)18-17-21(24)23(20)28-19-14-11-10-12-15-19;/h10-12,14-15,17-18,24H,2-9,13,16H2,1H3,(H,25,26,27);/q;+1/p-1. The summed E-state index contributed by atoms with van der Waals surface area (Å²) in [4.78, 5) is -0.248. The molecule has 0 saturated carbocycles. The monoisotopic (exact) mass is 442 g/mol. The Hall–Kier alpha value is -1.05. The van der Waals surface area contributed by atoms with Gasteiger partial charge in [0.05, 0.1) is 0 Å². The van der Waals surface area contributed by atoms with Crippen molar-refractivity contribution >= 4 is 10.1 Å². The minimum atomic E-state index is -4.44. The van der Waals surface area contributed by atoms with Crippen molar-refractivity contribution in [2.24, 2.45) is 0 Å². The molecule has 0 aromatic heterocycles. The van der Waals surface area contributed by atoms with Crippen LogP contribution in [0.5, 0.6) is 17.2 Å². The summed E-state index contributed by atoms with van der Waals surface area (Å²) in [6.45, 7) is 2.20. The summed E-state index contributed by atoms with van der Waals surface area (Å²) in [5.74, 6) is 0.0310. The first-order valence-electron chi connectivity index (χ1n) is 10.5. The summed E-state index contributed by atoms with van der Waals surface area (Å²) >= 11 is 0. The second kappa shape index (κ2) is 14.1. The molecule has 0 heterocycles. The van der Waals surface area contributed by atoms with E-state index in [1.54, 1.807) is 24.3 Å². The third-order valence-electron chi connectivity index (χ3n) is 4.95. The SMILES string of the molecule is CCCCCCCCCCCc1c(S(=O)(=O)O)ccc([O-])c1Oc1ccccc1.[Na+]. The van der Waals surface area contributed by atoms with E-state index in [9.17, 15) is 18.1 Å². The number of ether oxygens (including phenoxy) is 1. The number of hydrogen-bond acceptors (Lipinski definition) is 4.